The molecule has 3 rings (SSSR count). The van der Waals surface area contributed by atoms with E-state index in [9.17, 15) is 0 Å². The smallest absolute Gasteiger partial charge is 0.0798 e. The highest BCUT2D eigenvalue weighted by atomic mass is 32.1. The van der Waals surface area contributed by atoms with Gasteiger partial charge in [-0.15, -0.1) is 11.3 Å². The van der Waals surface area contributed by atoms with Gasteiger partial charge in [0.25, 0.3) is 0 Å². The number of benzene rings is 1. The second-order valence-corrected chi connectivity index (χ2v) is 6.99. The van der Waals surface area contributed by atoms with Gasteiger partial charge in [0.05, 0.1) is 16.7 Å². The van der Waals surface area contributed by atoms with Gasteiger partial charge in [-0.3, -0.25) is 4.90 Å². The summed E-state index contributed by atoms with van der Waals surface area (Å²) in [5.41, 5.74) is 4.53. The zero-order valence-corrected chi connectivity index (χ0v) is 13.6. The lowest BCUT2D eigenvalue weighted by Crippen LogP contribution is -2.46. The molecule has 0 spiro atoms. The second kappa shape index (κ2) is 6.26. The maximum atomic E-state index is 4.38. The predicted octanol–water partition coefficient (Wildman–Crippen LogP) is 3.16. The third-order valence-corrected chi connectivity index (χ3v) is 5.25. The summed E-state index contributed by atoms with van der Waals surface area (Å²) in [6.45, 7) is 8.70. The minimum atomic E-state index is 0.0242. The molecule has 0 bridgehead atoms. The first-order chi connectivity index (χ1) is 10.2. The largest absolute Gasteiger partial charge is 0.307 e. The highest BCUT2D eigenvalue weighted by Crippen LogP contribution is 2.26. The van der Waals surface area contributed by atoms with Crippen LogP contribution < -0.4 is 5.32 Å². The standard InChI is InChI=1S/C17H23N3S/c1-14-16(21-13-18-14)11-20-10-6-9-19-17(2,12-20)15-7-4-3-5-8-15/h3-5,7-8,13,19H,6,9-12H2,1-2H3. The van der Waals surface area contributed by atoms with Crippen molar-refractivity contribution >= 4 is 11.3 Å². The Labute approximate surface area is 131 Å². The minimum absolute atomic E-state index is 0.0242. The maximum Gasteiger partial charge on any atom is 0.0798 e. The van der Waals surface area contributed by atoms with Crippen LogP contribution in [0, 0.1) is 6.92 Å². The quantitative estimate of drug-likeness (QED) is 0.944. The lowest BCUT2D eigenvalue weighted by Gasteiger charge is -2.34. The van der Waals surface area contributed by atoms with Crippen molar-refractivity contribution in [2.45, 2.75) is 32.4 Å². The molecule has 1 aromatic heterocycles. The molecule has 0 amide bonds. The third kappa shape index (κ3) is 3.34. The molecular weight excluding hydrogens is 278 g/mol. The summed E-state index contributed by atoms with van der Waals surface area (Å²) in [6.07, 6.45) is 1.19. The average Bonchev–Trinajstić information content (AvgIpc) is 2.79. The Hall–Kier alpha value is -1.23. The van der Waals surface area contributed by atoms with Gasteiger partial charge in [-0.05, 0) is 38.9 Å². The molecule has 112 valence electrons. The molecule has 2 aromatic rings. The van der Waals surface area contributed by atoms with E-state index in [1.165, 1.54) is 22.6 Å². The van der Waals surface area contributed by atoms with Crippen LogP contribution in [0.25, 0.3) is 0 Å². The molecule has 1 aliphatic heterocycles. The number of rotatable bonds is 3. The zero-order chi connectivity index (χ0) is 14.7. The molecule has 3 nitrogen and oxygen atoms in total. The molecule has 2 heterocycles. The summed E-state index contributed by atoms with van der Waals surface area (Å²) in [5, 5.41) is 3.74. The van der Waals surface area contributed by atoms with Crippen molar-refractivity contribution in [1.82, 2.24) is 15.2 Å². The van der Waals surface area contributed by atoms with Crippen molar-refractivity contribution in [2.75, 3.05) is 19.6 Å². The Kier molecular flexibility index (Phi) is 4.38. The van der Waals surface area contributed by atoms with Gasteiger partial charge < -0.3 is 5.32 Å². The minimum Gasteiger partial charge on any atom is -0.307 e. The van der Waals surface area contributed by atoms with Crippen LogP contribution in [-0.2, 0) is 12.1 Å². The van der Waals surface area contributed by atoms with E-state index < -0.39 is 0 Å². The van der Waals surface area contributed by atoms with Crippen LogP contribution in [0.5, 0.6) is 0 Å². The van der Waals surface area contributed by atoms with E-state index >= 15 is 0 Å². The Balaban J connectivity index is 1.79. The summed E-state index contributed by atoms with van der Waals surface area (Å²) in [6, 6.07) is 10.8. The van der Waals surface area contributed by atoms with Crippen LogP contribution in [0.15, 0.2) is 35.8 Å². The van der Waals surface area contributed by atoms with E-state index in [4.69, 9.17) is 0 Å². The van der Waals surface area contributed by atoms with E-state index in [1.807, 2.05) is 5.51 Å². The molecule has 0 saturated carbocycles. The molecule has 0 aliphatic carbocycles. The summed E-state index contributed by atoms with van der Waals surface area (Å²) < 4.78 is 0. The molecule has 1 aliphatic rings. The number of nitrogens with zero attached hydrogens (tertiary/aromatic N) is 2. The van der Waals surface area contributed by atoms with Gasteiger partial charge in [0, 0.05) is 18.0 Å². The van der Waals surface area contributed by atoms with Crippen LogP contribution in [0.1, 0.15) is 29.5 Å². The van der Waals surface area contributed by atoms with Crippen molar-refractivity contribution in [3.8, 4) is 0 Å². The average molecular weight is 301 g/mol. The number of aryl methyl sites for hydroxylation is 1. The van der Waals surface area contributed by atoms with Gasteiger partial charge in [0.15, 0.2) is 0 Å². The molecule has 1 saturated heterocycles. The van der Waals surface area contributed by atoms with Crippen LogP contribution in [0.3, 0.4) is 0 Å². The highest BCUT2D eigenvalue weighted by Gasteiger charge is 2.30. The highest BCUT2D eigenvalue weighted by molar-refractivity contribution is 7.09. The first-order valence-corrected chi connectivity index (χ1v) is 8.47. The van der Waals surface area contributed by atoms with E-state index in [1.54, 1.807) is 11.3 Å². The lowest BCUT2D eigenvalue weighted by molar-refractivity contribution is 0.214. The van der Waals surface area contributed by atoms with Crippen LogP contribution in [0.4, 0.5) is 0 Å². The summed E-state index contributed by atoms with van der Waals surface area (Å²) in [7, 11) is 0. The molecule has 1 unspecified atom stereocenters. The molecule has 0 radical (unpaired) electrons. The first kappa shape index (κ1) is 14.7. The molecule has 4 heteroatoms. The van der Waals surface area contributed by atoms with Gasteiger partial charge in [-0.1, -0.05) is 30.3 Å². The fraction of sp³-hybridized carbons (Fsp3) is 0.471. The van der Waals surface area contributed by atoms with Gasteiger partial charge in [-0.2, -0.15) is 0 Å². The number of nitrogens with one attached hydrogen (secondary N) is 1. The predicted molar refractivity (Wildman–Crippen MR) is 88.5 cm³/mol. The van der Waals surface area contributed by atoms with Crippen LogP contribution in [-0.4, -0.2) is 29.5 Å². The van der Waals surface area contributed by atoms with Crippen molar-refractivity contribution in [2.24, 2.45) is 0 Å². The van der Waals surface area contributed by atoms with Gasteiger partial charge in [-0.25, -0.2) is 4.98 Å². The number of hydrogen-bond acceptors (Lipinski definition) is 4. The Morgan fingerprint density at radius 2 is 2.14 bits per heavy atom. The van der Waals surface area contributed by atoms with Crippen LogP contribution in [0.2, 0.25) is 0 Å². The van der Waals surface area contributed by atoms with Gasteiger partial charge >= 0.3 is 0 Å². The Morgan fingerprint density at radius 3 is 2.86 bits per heavy atom. The van der Waals surface area contributed by atoms with Crippen molar-refractivity contribution in [3.63, 3.8) is 0 Å². The second-order valence-electron chi connectivity index (χ2n) is 6.05. The number of thiazole rings is 1. The third-order valence-electron chi connectivity index (χ3n) is 4.33. The van der Waals surface area contributed by atoms with Crippen molar-refractivity contribution in [3.05, 3.63) is 52.0 Å². The zero-order valence-electron chi connectivity index (χ0n) is 12.8. The Bertz CT molecular complexity index is 581. The normalized spacial score (nSPS) is 23.9. The first-order valence-electron chi connectivity index (χ1n) is 7.59. The van der Waals surface area contributed by atoms with E-state index in [-0.39, 0.29) is 5.54 Å². The van der Waals surface area contributed by atoms with Crippen molar-refractivity contribution < 1.29 is 0 Å². The topological polar surface area (TPSA) is 28.2 Å². The molecule has 1 atom stereocenters. The SMILES string of the molecule is Cc1ncsc1CN1CCCNC(C)(c2ccccc2)C1. The molecule has 21 heavy (non-hydrogen) atoms. The summed E-state index contributed by atoms with van der Waals surface area (Å²) >= 11 is 1.77. The monoisotopic (exact) mass is 301 g/mol. The summed E-state index contributed by atoms with van der Waals surface area (Å²) in [5.74, 6) is 0. The van der Waals surface area contributed by atoms with E-state index in [0.29, 0.717) is 0 Å². The number of aromatic nitrogens is 1. The van der Waals surface area contributed by atoms with E-state index in [2.05, 4.69) is 59.4 Å². The molecule has 1 aromatic carbocycles. The molecule has 1 fully saturated rings. The molecular formula is C17H23N3S. The van der Waals surface area contributed by atoms with E-state index in [0.717, 1.165) is 26.2 Å². The fourth-order valence-corrected chi connectivity index (χ4v) is 3.88. The maximum absolute atomic E-state index is 4.38. The lowest BCUT2D eigenvalue weighted by atomic mass is 9.91. The van der Waals surface area contributed by atoms with Crippen LogP contribution >= 0.6 is 11.3 Å². The fourth-order valence-electron chi connectivity index (χ4n) is 3.06. The van der Waals surface area contributed by atoms with Gasteiger partial charge in [0.1, 0.15) is 0 Å². The Morgan fingerprint density at radius 1 is 1.33 bits per heavy atom. The number of hydrogen-bond donors (Lipinski definition) is 1. The summed E-state index contributed by atoms with van der Waals surface area (Å²) in [4.78, 5) is 8.33. The van der Waals surface area contributed by atoms with Crippen molar-refractivity contribution in [1.29, 1.82) is 0 Å². The van der Waals surface area contributed by atoms with Gasteiger partial charge in [0.2, 0.25) is 0 Å². The molecule has 1 N–H and O–H groups in total.